The Kier molecular flexibility index (Phi) is 7.31. The van der Waals surface area contributed by atoms with Gasteiger partial charge in [0, 0.05) is 13.0 Å². The number of hydrogen-bond acceptors (Lipinski definition) is 5. The number of alkyl halides is 4. The van der Waals surface area contributed by atoms with Crippen molar-refractivity contribution in [3.8, 4) is 0 Å². The lowest BCUT2D eigenvalue weighted by Gasteiger charge is -2.36. The van der Waals surface area contributed by atoms with Crippen LogP contribution in [0.4, 0.5) is 17.6 Å². The van der Waals surface area contributed by atoms with Gasteiger partial charge in [0.25, 0.3) is 0 Å². The summed E-state index contributed by atoms with van der Waals surface area (Å²) in [4.78, 5) is 32.8. The Balaban J connectivity index is 0.000000640. The van der Waals surface area contributed by atoms with Gasteiger partial charge in [0.1, 0.15) is 0 Å². The fraction of sp³-hybridized carbons (Fsp3) is 0.769. The predicted molar refractivity (Wildman–Crippen MR) is 75.8 cm³/mol. The van der Waals surface area contributed by atoms with Gasteiger partial charge in [-0.25, -0.2) is 9.18 Å². The molecular weight excluding hydrogens is 338 g/mol. The maximum atomic E-state index is 14.4. The number of Topliss-reactive ketones (excluding diaryl/α,β-unsaturated/α-hetero) is 1. The number of nitrogens with one attached hydrogen (secondary N) is 2. The second-order valence-corrected chi connectivity index (χ2v) is 5.60. The van der Waals surface area contributed by atoms with E-state index >= 15 is 0 Å². The molecule has 0 aromatic carbocycles. The minimum absolute atomic E-state index is 0.0603. The molecule has 11 heteroatoms. The lowest BCUT2D eigenvalue weighted by Crippen LogP contribution is -2.68. The van der Waals surface area contributed by atoms with Crippen molar-refractivity contribution in [1.82, 2.24) is 10.6 Å². The molecule has 24 heavy (non-hydrogen) atoms. The molecule has 0 unspecified atom stereocenters. The normalized spacial score (nSPS) is 23.2. The molecule has 1 fully saturated rings. The van der Waals surface area contributed by atoms with Gasteiger partial charge in [0.05, 0.1) is 0 Å². The number of likely N-dealkylation sites (N-methyl/N-ethyl adjacent to an activating group) is 1. The molecule has 0 bridgehead atoms. The number of ketones is 1. The highest BCUT2D eigenvalue weighted by atomic mass is 19.4. The zero-order chi connectivity index (χ0) is 19.3. The van der Waals surface area contributed by atoms with Crippen LogP contribution in [0.3, 0.4) is 0 Å². The number of amides is 1. The number of carbonyl (C=O) groups excluding carboxylic acids is 2. The average Bonchev–Trinajstić information content (AvgIpc) is 2.87. The van der Waals surface area contributed by atoms with Gasteiger partial charge < -0.3 is 16.2 Å². The number of halogens is 4. The van der Waals surface area contributed by atoms with E-state index in [1.807, 2.05) is 0 Å². The molecule has 2 atom stereocenters. The van der Waals surface area contributed by atoms with E-state index in [0.717, 1.165) is 0 Å². The molecule has 0 radical (unpaired) electrons. The Morgan fingerprint density at radius 1 is 1.29 bits per heavy atom. The molecule has 0 aromatic heterocycles. The molecule has 1 heterocycles. The third-order valence-electron chi connectivity index (χ3n) is 3.76. The molecule has 0 aromatic rings. The number of nitrogens with two attached hydrogens (primary N) is 1. The fourth-order valence-electron chi connectivity index (χ4n) is 2.39. The van der Waals surface area contributed by atoms with Crippen LogP contribution in [0.5, 0.6) is 0 Å². The van der Waals surface area contributed by atoms with Gasteiger partial charge in [-0.3, -0.25) is 14.9 Å². The highest BCUT2D eigenvalue weighted by molar-refractivity contribution is 6.14. The molecule has 1 aliphatic heterocycles. The van der Waals surface area contributed by atoms with Crippen LogP contribution in [0, 0.1) is 5.92 Å². The summed E-state index contributed by atoms with van der Waals surface area (Å²) in [5.74, 6) is -4.76. The van der Waals surface area contributed by atoms with Gasteiger partial charge in [-0.1, -0.05) is 13.8 Å². The number of carboxylic acid groups (broad SMARTS) is 1. The second-order valence-electron chi connectivity index (χ2n) is 5.60. The van der Waals surface area contributed by atoms with E-state index in [1.54, 1.807) is 13.8 Å². The second kappa shape index (κ2) is 7.88. The number of carbonyl (C=O) groups is 3. The van der Waals surface area contributed by atoms with Crippen LogP contribution in [0.1, 0.15) is 20.3 Å². The first-order chi connectivity index (χ1) is 10.8. The molecule has 7 nitrogen and oxygen atoms in total. The lowest BCUT2D eigenvalue weighted by molar-refractivity contribution is -0.192. The third-order valence-corrected chi connectivity index (χ3v) is 3.76. The van der Waals surface area contributed by atoms with Crippen LogP contribution in [0.15, 0.2) is 0 Å². The summed E-state index contributed by atoms with van der Waals surface area (Å²) in [6, 6.07) is 0. The summed E-state index contributed by atoms with van der Waals surface area (Å²) < 4.78 is 46.2. The van der Waals surface area contributed by atoms with Gasteiger partial charge >= 0.3 is 12.1 Å². The van der Waals surface area contributed by atoms with E-state index < -0.39 is 41.0 Å². The van der Waals surface area contributed by atoms with Crippen molar-refractivity contribution in [2.45, 2.75) is 37.7 Å². The highest BCUT2D eigenvalue weighted by Crippen LogP contribution is 2.30. The van der Waals surface area contributed by atoms with Crippen LogP contribution in [-0.2, 0) is 14.4 Å². The zero-order valence-corrected chi connectivity index (χ0v) is 13.5. The molecular formula is C13H21F4N3O4. The predicted octanol–water partition coefficient (Wildman–Crippen LogP) is -0.0101. The van der Waals surface area contributed by atoms with Crippen LogP contribution in [0.2, 0.25) is 0 Å². The maximum Gasteiger partial charge on any atom is 0.490 e. The van der Waals surface area contributed by atoms with Crippen LogP contribution in [0.25, 0.3) is 0 Å². The van der Waals surface area contributed by atoms with Crippen molar-refractivity contribution in [2.75, 3.05) is 20.1 Å². The molecule has 1 aliphatic rings. The topological polar surface area (TPSA) is 122 Å². The lowest BCUT2D eigenvalue weighted by atomic mass is 9.75. The quantitative estimate of drug-likeness (QED) is 0.405. The Morgan fingerprint density at radius 3 is 1.96 bits per heavy atom. The summed E-state index contributed by atoms with van der Waals surface area (Å²) in [6.07, 6.45) is -5.00. The van der Waals surface area contributed by atoms with E-state index in [2.05, 4.69) is 10.6 Å². The first-order valence-electron chi connectivity index (χ1n) is 6.99. The summed E-state index contributed by atoms with van der Waals surface area (Å²) in [5, 5.41) is 12.5. The largest absolute Gasteiger partial charge is 0.490 e. The molecule has 0 aliphatic carbocycles. The third kappa shape index (κ3) is 4.63. The van der Waals surface area contributed by atoms with E-state index in [1.165, 1.54) is 7.05 Å². The fourth-order valence-corrected chi connectivity index (χ4v) is 2.39. The molecule has 1 saturated heterocycles. The zero-order valence-electron chi connectivity index (χ0n) is 13.5. The molecule has 5 N–H and O–H groups in total. The average molecular weight is 359 g/mol. The summed E-state index contributed by atoms with van der Waals surface area (Å²) in [5.41, 5.74) is 1.65. The Labute approximate surface area is 135 Å². The van der Waals surface area contributed by atoms with E-state index in [-0.39, 0.29) is 13.0 Å². The Hall–Kier alpha value is -1.75. The Morgan fingerprint density at radius 2 is 1.75 bits per heavy atom. The highest BCUT2D eigenvalue weighted by Gasteiger charge is 2.56. The first-order valence-corrected chi connectivity index (χ1v) is 6.99. The summed E-state index contributed by atoms with van der Waals surface area (Å²) in [7, 11) is 1.45. The van der Waals surface area contributed by atoms with E-state index in [4.69, 9.17) is 15.6 Å². The summed E-state index contributed by atoms with van der Waals surface area (Å²) >= 11 is 0. The minimum atomic E-state index is -5.08. The van der Waals surface area contributed by atoms with Gasteiger partial charge in [-0.05, 0) is 19.5 Å². The number of aliphatic carboxylic acids is 1. The Bertz CT molecular complexity index is 490. The number of primary amides is 1. The van der Waals surface area contributed by atoms with Gasteiger partial charge in [0.2, 0.25) is 11.7 Å². The number of hydrogen-bond donors (Lipinski definition) is 4. The SMILES string of the molecule is CN[C@@](C(N)=O)(C(=O)[C@]1(F)CCNC1)C(C)C.O=C(O)C(F)(F)F. The van der Waals surface area contributed by atoms with Crippen molar-refractivity contribution >= 4 is 17.7 Å². The maximum absolute atomic E-state index is 14.4. The minimum Gasteiger partial charge on any atom is -0.475 e. The molecule has 0 spiro atoms. The van der Waals surface area contributed by atoms with Crippen molar-refractivity contribution in [3.05, 3.63) is 0 Å². The first kappa shape index (κ1) is 22.2. The van der Waals surface area contributed by atoms with Gasteiger partial charge in [0.15, 0.2) is 11.2 Å². The summed E-state index contributed by atoms with van der Waals surface area (Å²) in [6.45, 7) is 3.71. The number of carboxylic acids is 1. The van der Waals surface area contributed by atoms with Crippen molar-refractivity contribution in [1.29, 1.82) is 0 Å². The molecule has 140 valence electrons. The number of rotatable bonds is 5. The van der Waals surface area contributed by atoms with Crippen molar-refractivity contribution in [3.63, 3.8) is 0 Å². The smallest absolute Gasteiger partial charge is 0.475 e. The standard InChI is InChI=1S/C11H20FN3O2.C2HF3O2/c1-7(2)11(14-3,9(13)17)8(16)10(12)4-5-15-6-10;3-2(4,5)1(6)7/h7,14-15H,4-6H2,1-3H3,(H2,13,17);(H,6,7)/t10-,11+;/m0./s1. The van der Waals surface area contributed by atoms with Crippen LogP contribution < -0.4 is 16.4 Å². The molecule has 1 amide bonds. The monoisotopic (exact) mass is 359 g/mol. The van der Waals surface area contributed by atoms with E-state index in [9.17, 15) is 27.2 Å². The molecule has 0 saturated carbocycles. The van der Waals surface area contributed by atoms with Crippen molar-refractivity contribution in [2.24, 2.45) is 11.7 Å². The van der Waals surface area contributed by atoms with Crippen LogP contribution >= 0.6 is 0 Å². The van der Waals surface area contributed by atoms with Crippen molar-refractivity contribution < 1.29 is 37.1 Å². The van der Waals surface area contributed by atoms with E-state index in [0.29, 0.717) is 6.54 Å². The molecule has 1 rings (SSSR count). The van der Waals surface area contributed by atoms with Gasteiger partial charge in [-0.15, -0.1) is 0 Å². The van der Waals surface area contributed by atoms with Crippen LogP contribution in [-0.4, -0.2) is 60.3 Å². The van der Waals surface area contributed by atoms with Gasteiger partial charge in [-0.2, -0.15) is 13.2 Å².